The van der Waals surface area contributed by atoms with Crippen LogP contribution in [0.25, 0.3) is 0 Å². The highest BCUT2D eigenvalue weighted by molar-refractivity contribution is 7.99. The second-order valence-electron chi connectivity index (χ2n) is 5.34. The molecule has 2 heterocycles. The maximum Gasteiger partial charge on any atom is 0.119 e. The average Bonchev–Trinajstić information content (AvgIpc) is 2.66. The van der Waals surface area contributed by atoms with Gasteiger partial charge in [0.25, 0.3) is 0 Å². The molecule has 1 aromatic carbocycles. The van der Waals surface area contributed by atoms with Gasteiger partial charge in [-0.05, 0) is 43.8 Å². The van der Waals surface area contributed by atoms with Gasteiger partial charge in [0, 0.05) is 22.1 Å². The lowest BCUT2D eigenvalue weighted by Crippen LogP contribution is -2.43. The van der Waals surface area contributed by atoms with E-state index in [2.05, 4.69) is 37.1 Å². The summed E-state index contributed by atoms with van der Waals surface area (Å²) < 4.78 is 5.38. The Morgan fingerprint density at radius 1 is 1.47 bits per heavy atom. The summed E-state index contributed by atoms with van der Waals surface area (Å²) in [6.07, 6.45) is 1.26. The maximum absolute atomic E-state index is 5.38. The number of thioether (sulfide) groups is 1. The Morgan fingerprint density at radius 2 is 2.29 bits per heavy atom. The summed E-state index contributed by atoms with van der Waals surface area (Å²) in [4.78, 5) is 3.95. The molecule has 2 unspecified atom stereocenters. The largest absolute Gasteiger partial charge is 0.497 e. The minimum Gasteiger partial charge on any atom is -0.497 e. The highest BCUT2D eigenvalue weighted by Gasteiger charge is 2.47. The quantitative estimate of drug-likeness (QED) is 0.759. The summed E-state index contributed by atoms with van der Waals surface area (Å²) in [5.74, 6) is 2.20. The van der Waals surface area contributed by atoms with Gasteiger partial charge in [0.1, 0.15) is 5.75 Å². The van der Waals surface area contributed by atoms with Crippen molar-refractivity contribution >= 4 is 11.8 Å². The van der Waals surface area contributed by atoms with Crippen molar-refractivity contribution in [3.05, 3.63) is 23.8 Å². The SMILES string of the molecule is COc1ccc2c(c1)C1(C)CCN(C)C1CS2. The van der Waals surface area contributed by atoms with E-state index >= 15 is 0 Å². The highest BCUT2D eigenvalue weighted by Crippen LogP contribution is 2.49. The van der Waals surface area contributed by atoms with Crippen LogP contribution < -0.4 is 4.74 Å². The van der Waals surface area contributed by atoms with Crippen molar-refractivity contribution in [3.8, 4) is 5.75 Å². The smallest absolute Gasteiger partial charge is 0.119 e. The van der Waals surface area contributed by atoms with Crippen LogP contribution in [0.4, 0.5) is 0 Å². The predicted molar refractivity (Wildman–Crippen MR) is 72.1 cm³/mol. The molecule has 2 aliphatic rings. The lowest BCUT2D eigenvalue weighted by Gasteiger charge is -2.39. The molecule has 92 valence electrons. The van der Waals surface area contributed by atoms with Crippen LogP contribution in [-0.4, -0.2) is 37.4 Å². The molecule has 0 bridgehead atoms. The normalized spacial score (nSPS) is 32.1. The minimum atomic E-state index is 0.309. The Kier molecular flexibility index (Phi) is 2.64. The molecule has 1 fully saturated rings. The van der Waals surface area contributed by atoms with E-state index in [0.717, 1.165) is 5.75 Å². The van der Waals surface area contributed by atoms with E-state index in [-0.39, 0.29) is 0 Å². The second kappa shape index (κ2) is 3.92. The summed E-state index contributed by atoms with van der Waals surface area (Å²) in [6, 6.07) is 7.22. The molecule has 0 amide bonds. The van der Waals surface area contributed by atoms with Gasteiger partial charge in [0.05, 0.1) is 7.11 Å². The number of rotatable bonds is 1. The Morgan fingerprint density at radius 3 is 3.06 bits per heavy atom. The molecule has 2 nitrogen and oxygen atoms in total. The van der Waals surface area contributed by atoms with Crippen LogP contribution in [-0.2, 0) is 5.41 Å². The van der Waals surface area contributed by atoms with E-state index in [0.29, 0.717) is 11.5 Å². The third-order valence-electron chi connectivity index (χ3n) is 4.45. The van der Waals surface area contributed by atoms with Gasteiger partial charge in [0.15, 0.2) is 0 Å². The molecule has 0 aliphatic carbocycles. The van der Waals surface area contributed by atoms with E-state index in [1.54, 1.807) is 7.11 Å². The Hall–Kier alpha value is -0.670. The van der Waals surface area contributed by atoms with Crippen LogP contribution in [0, 0.1) is 0 Å². The van der Waals surface area contributed by atoms with Crippen LogP contribution in [0.2, 0.25) is 0 Å². The van der Waals surface area contributed by atoms with Crippen LogP contribution in [0.3, 0.4) is 0 Å². The molecule has 0 spiro atoms. The molecular weight excluding hydrogens is 230 g/mol. The monoisotopic (exact) mass is 249 g/mol. The fourth-order valence-electron chi connectivity index (χ4n) is 3.22. The molecule has 0 radical (unpaired) electrons. The van der Waals surface area contributed by atoms with Gasteiger partial charge in [-0.25, -0.2) is 0 Å². The summed E-state index contributed by atoms with van der Waals surface area (Å²) in [5.41, 5.74) is 1.80. The first-order valence-electron chi connectivity index (χ1n) is 6.17. The fourth-order valence-corrected chi connectivity index (χ4v) is 4.79. The number of fused-ring (bicyclic) bond motifs is 3. The van der Waals surface area contributed by atoms with Gasteiger partial charge in [-0.2, -0.15) is 0 Å². The Labute approximate surface area is 107 Å². The number of methoxy groups -OCH3 is 1. The van der Waals surface area contributed by atoms with E-state index in [1.807, 2.05) is 11.8 Å². The molecule has 2 atom stereocenters. The van der Waals surface area contributed by atoms with Gasteiger partial charge in [-0.15, -0.1) is 11.8 Å². The molecule has 0 aromatic heterocycles. The molecular formula is C14H19NOS. The fraction of sp³-hybridized carbons (Fsp3) is 0.571. The van der Waals surface area contributed by atoms with E-state index < -0.39 is 0 Å². The van der Waals surface area contributed by atoms with Crippen molar-refractivity contribution in [1.82, 2.24) is 4.90 Å². The van der Waals surface area contributed by atoms with Crippen molar-refractivity contribution in [3.63, 3.8) is 0 Å². The standard InChI is InChI=1S/C14H19NOS/c1-14-6-7-15(2)13(14)9-17-12-5-4-10(16-3)8-11(12)14/h4-5,8,13H,6-7,9H2,1-3H3. The molecule has 1 saturated heterocycles. The summed E-state index contributed by atoms with van der Waals surface area (Å²) >= 11 is 1.99. The minimum absolute atomic E-state index is 0.309. The number of ether oxygens (including phenoxy) is 1. The molecule has 0 saturated carbocycles. The third kappa shape index (κ3) is 1.59. The molecule has 3 heteroatoms. The zero-order valence-corrected chi connectivity index (χ0v) is 11.5. The number of hydrogen-bond acceptors (Lipinski definition) is 3. The van der Waals surface area contributed by atoms with Gasteiger partial charge in [-0.3, -0.25) is 0 Å². The topological polar surface area (TPSA) is 12.5 Å². The Balaban J connectivity index is 2.10. The van der Waals surface area contributed by atoms with E-state index in [9.17, 15) is 0 Å². The number of likely N-dealkylation sites (N-methyl/N-ethyl adjacent to an activating group) is 1. The first-order valence-corrected chi connectivity index (χ1v) is 7.15. The zero-order valence-electron chi connectivity index (χ0n) is 10.7. The molecule has 17 heavy (non-hydrogen) atoms. The number of hydrogen-bond donors (Lipinski definition) is 0. The van der Waals surface area contributed by atoms with Gasteiger partial charge in [-0.1, -0.05) is 6.92 Å². The van der Waals surface area contributed by atoms with Crippen molar-refractivity contribution in [2.45, 2.75) is 29.7 Å². The average molecular weight is 249 g/mol. The van der Waals surface area contributed by atoms with Crippen molar-refractivity contribution in [2.75, 3.05) is 26.5 Å². The maximum atomic E-state index is 5.38. The lowest BCUT2D eigenvalue weighted by atomic mass is 9.76. The van der Waals surface area contributed by atoms with Crippen molar-refractivity contribution < 1.29 is 4.74 Å². The summed E-state index contributed by atoms with van der Waals surface area (Å²) in [7, 11) is 4.00. The van der Waals surface area contributed by atoms with E-state index in [4.69, 9.17) is 4.74 Å². The van der Waals surface area contributed by atoms with Crippen LogP contribution in [0.5, 0.6) is 5.75 Å². The molecule has 1 aromatic rings. The van der Waals surface area contributed by atoms with Gasteiger partial charge >= 0.3 is 0 Å². The number of likely N-dealkylation sites (tertiary alicyclic amines) is 1. The van der Waals surface area contributed by atoms with Crippen LogP contribution in [0.1, 0.15) is 18.9 Å². The highest BCUT2D eigenvalue weighted by atomic mass is 32.2. The second-order valence-corrected chi connectivity index (χ2v) is 6.40. The molecule has 0 N–H and O–H groups in total. The van der Waals surface area contributed by atoms with E-state index in [1.165, 1.54) is 29.2 Å². The first-order chi connectivity index (χ1) is 8.15. The lowest BCUT2D eigenvalue weighted by molar-refractivity contribution is 0.274. The summed E-state index contributed by atoms with van der Waals surface area (Å²) in [5, 5.41) is 0. The number of benzene rings is 1. The zero-order chi connectivity index (χ0) is 12.0. The van der Waals surface area contributed by atoms with Crippen LogP contribution >= 0.6 is 11.8 Å². The van der Waals surface area contributed by atoms with Gasteiger partial charge in [0.2, 0.25) is 0 Å². The van der Waals surface area contributed by atoms with Crippen LogP contribution in [0.15, 0.2) is 23.1 Å². The Bertz CT molecular complexity index is 448. The summed E-state index contributed by atoms with van der Waals surface area (Å²) in [6.45, 7) is 3.62. The number of nitrogens with zero attached hydrogens (tertiary/aromatic N) is 1. The van der Waals surface area contributed by atoms with Crippen molar-refractivity contribution in [2.24, 2.45) is 0 Å². The van der Waals surface area contributed by atoms with Crippen molar-refractivity contribution in [1.29, 1.82) is 0 Å². The molecule has 2 aliphatic heterocycles. The van der Waals surface area contributed by atoms with Gasteiger partial charge < -0.3 is 9.64 Å². The third-order valence-corrected chi connectivity index (χ3v) is 5.60. The first kappa shape index (κ1) is 11.4. The molecule has 3 rings (SSSR count). The predicted octanol–water partition coefficient (Wildman–Crippen LogP) is 2.76.